The van der Waals surface area contributed by atoms with Crippen molar-refractivity contribution < 1.29 is 0 Å². The first kappa shape index (κ1) is 9.60. The van der Waals surface area contributed by atoms with Crippen LogP contribution in [0.1, 0.15) is 0 Å². The van der Waals surface area contributed by atoms with Crippen molar-refractivity contribution in [3.8, 4) is 5.69 Å². The molecule has 1 aromatic carbocycles. The molecule has 16 heavy (non-hydrogen) atoms. The van der Waals surface area contributed by atoms with Crippen LogP contribution in [0.2, 0.25) is 0 Å². The Kier molecular flexibility index (Phi) is 2.26. The van der Waals surface area contributed by atoms with Crippen LogP contribution in [0, 0.1) is 0 Å². The van der Waals surface area contributed by atoms with Crippen LogP contribution in [0.15, 0.2) is 59.5 Å². The van der Waals surface area contributed by atoms with Crippen molar-refractivity contribution in [3.63, 3.8) is 0 Å². The third kappa shape index (κ3) is 1.53. The highest BCUT2D eigenvalue weighted by Crippen LogP contribution is 2.23. The lowest BCUT2D eigenvalue weighted by atomic mass is 10.2. The Hall–Kier alpha value is -1.61. The first-order valence-corrected chi connectivity index (χ1v) is 5.81. The van der Waals surface area contributed by atoms with Gasteiger partial charge in [0.25, 0.3) is 0 Å². The third-order valence-electron chi connectivity index (χ3n) is 2.58. The van der Waals surface area contributed by atoms with E-state index in [0.29, 0.717) is 0 Å². The van der Waals surface area contributed by atoms with Crippen LogP contribution in [0.3, 0.4) is 0 Å². The Morgan fingerprint density at radius 2 is 2.06 bits per heavy atom. The molecular weight excluding hydrogens is 264 g/mol. The third-order valence-corrected chi connectivity index (χ3v) is 3.07. The molecular formula is C13H9BrN2. The molecule has 0 bridgehead atoms. The van der Waals surface area contributed by atoms with Gasteiger partial charge in [0.2, 0.25) is 0 Å². The number of hydrogen-bond donors (Lipinski definition) is 0. The van der Waals surface area contributed by atoms with Gasteiger partial charge in [-0.25, -0.2) is 0 Å². The van der Waals surface area contributed by atoms with E-state index >= 15 is 0 Å². The molecule has 0 saturated carbocycles. The lowest BCUT2D eigenvalue weighted by Gasteiger charge is -2.04. The van der Waals surface area contributed by atoms with E-state index in [1.54, 1.807) is 6.20 Å². The first-order valence-electron chi connectivity index (χ1n) is 5.01. The van der Waals surface area contributed by atoms with Gasteiger partial charge in [0, 0.05) is 22.3 Å². The number of aromatic nitrogens is 2. The lowest BCUT2D eigenvalue weighted by Crippen LogP contribution is -1.91. The van der Waals surface area contributed by atoms with E-state index in [2.05, 4.69) is 62.0 Å². The minimum atomic E-state index is 1.08. The second kappa shape index (κ2) is 3.76. The van der Waals surface area contributed by atoms with Gasteiger partial charge in [-0.1, -0.05) is 15.9 Å². The van der Waals surface area contributed by atoms with E-state index in [1.807, 2.05) is 12.3 Å². The molecule has 78 valence electrons. The topological polar surface area (TPSA) is 17.8 Å². The monoisotopic (exact) mass is 272 g/mol. The van der Waals surface area contributed by atoms with Crippen molar-refractivity contribution in [1.82, 2.24) is 9.55 Å². The number of rotatable bonds is 1. The maximum Gasteiger partial charge on any atom is 0.0639 e. The van der Waals surface area contributed by atoms with Gasteiger partial charge in [-0.2, -0.15) is 0 Å². The molecule has 0 spiro atoms. The Bertz CT molecular complexity index is 629. The van der Waals surface area contributed by atoms with Crippen LogP contribution in [-0.4, -0.2) is 9.55 Å². The van der Waals surface area contributed by atoms with Gasteiger partial charge in [0.1, 0.15) is 0 Å². The van der Waals surface area contributed by atoms with Crippen molar-refractivity contribution >= 4 is 26.8 Å². The molecule has 0 amide bonds. The first-order chi connectivity index (χ1) is 7.84. The maximum atomic E-state index is 4.13. The Morgan fingerprint density at radius 3 is 2.88 bits per heavy atom. The van der Waals surface area contributed by atoms with Crippen molar-refractivity contribution in [3.05, 3.63) is 59.5 Å². The van der Waals surface area contributed by atoms with Crippen molar-refractivity contribution in [2.24, 2.45) is 0 Å². The molecule has 0 aliphatic heterocycles. The van der Waals surface area contributed by atoms with Crippen molar-refractivity contribution in [2.75, 3.05) is 0 Å². The SMILES string of the molecule is Brc1ccc2c(ccn2-c2cccnc2)c1. The zero-order valence-corrected chi connectivity index (χ0v) is 10.1. The summed E-state index contributed by atoms with van der Waals surface area (Å²) in [5.74, 6) is 0. The van der Waals surface area contributed by atoms with Gasteiger partial charge < -0.3 is 4.57 Å². The smallest absolute Gasteiger partial charge is 0.0639 e. The van der Waals surface area contributed by atoms with E-state index in [4.69, 9.17) is 0 Å². The lowest BCUT2D eigenvalue weighted by molar-refractivity contribution is 1.10. The average molecular weight is 273 g/mol. The fraction of sp³-hybridized carbons (Fsp3) is 0. The molecule has 3 aromatic rings. The summed E-state index contributed by atoms with van der Waals surface area (Å²) < 4.78 is 3.23. The fourth-order valence-corrected chi connectivity index (χ4v) is 2.21. The minimum Gasteiger partial charge on any atom is -0.315 e. The summed E-state index contributed by atoms with van der Waals surface area (Å²) in [5.41, 5.74) is 2.27. The Labute approximate surface area is 102 Å². The van der Waals surface area contributed by atoms with Gasteiger partial charge >= 0.3 is 0 Å². The highest BCUT2D eigenvalue weighted by Gasteiger charge is 2.02. The highest BCUT2D eigenvalue weighted by molar-refractivity contribution is 9.10. The van der Waals surface area contributed by atoms with E-state index in [-0.39, 0.29) is 0 Å². The molecule has 3 rings (SSSR count). The van der Waals surface area contributed by atoms with Gasteiger partial charge in [0.15, 0.2) is 0 Å². The second-order valence-electron chi connectivity index (χ2n) is 3.60. The fourth-order valence-electron chi connectivity index (χ4n) is 1.83. The number of pyridine rings is 1. The van der Waals surface area contributed by atoms with E-state index in [9.17, 15) is 0 Å². The summed E-state index contributed by atoms with van der Waals surface area (Å²) in [6.07, 6.45) is 5.71. The predicted octanol–water partition coefficient (Wildman–Crippen LogP) is 3.79. The van der Waals surface area contributed by atoms with Gasteiger partial charge in [-0.05, 0) is 36.4 Å². The molecule has 0 saturated heterocycles. The van der Waals surface area contributed by atoms with Crippen molar-refractivity contribution in [2.45, 2.75) is 0 Å². The quantitative estimate of drug-likeness (QED) is 0.659. The number of hydrogen-bond acceptors (Lipinski definition) is 1. The van der Waals surface area contributed by atoms with E-state index in [0.717, 1.165) is 10.2 Å². The molecule has 0 radical (unpaired) electrons. The Morgan fingerprint density at radius 1 is 1.12 bits per heavy atom. The van der Waals surface area contributed by atoms with E-state index < -0.39 is 0 Å². The number of halogens is 1. The molecule has 3 heteroatoms. The molecule has 0 fully saturated rings. The van der Waals surface area contributed by atoms with Crippen LogP contribution in [-0.2, 0) is 0 Å². The predicted molar refractivity (Wildman–Crippen MR) is 68.8 cm³/mol. The van der Waals surface area contributed by atoms with Gasteiger partial charge in [0.05, 0.1) is 17.4 Å². The van der Waals surface area contributed by atoms with E-state index in [1.165, 1.54) is 10.9 Å². The number of nitrogens with zero attached hydrogens (tertiary/aromatic N) is 2. The summed E-state index contributed by atoms with van der Waals surface area (Å²) in [6, 6.07) is 12.4. The molecule has 2 heterocycles. The van der Waals surface area contributed by atoms with Crippen LogP contribution >= 0.6 is 15.9 Å². The molecule has 0 atom stereocenters. The number of benzene rings is 1. The number of fused-ring (bicyclic) bond motifs is 1. The molecule has 0 aliphatic carbocycles. The summed E-state index contributed by atoms with van der Waals surface area (Å²) >= 11 is 3.48. The summed E-state index contributed by atoms with van der Waals surface area (Å²) in [4.78, 5) is 4.13. The van der Waals surface area contributed by atoms with Crippen LogP contribution < -0.4 is 0 Å². The highest BCUT2D eigenvalue weighted by atomic mass is 79.9. The summed E-state index contributed by atoms with van der Waals surface area (Å²) in [5, 5.41) is 1.22. The zero-order valence-electron chi connectivity index (χ0n) is 8.47. The largest absolute Gasteiger partial charge is 0.315 e. The molecule has 2 nitrogen and oxygen atoms in total. The summed E-state index contributed by atoms with van der Waals surface area (Å²) in [6.45, 7) is 0. The van der Waals surface area contributed by atoms with Crippen molar-refractivity contribution in [1.29, 1.82) is 0 Å². The molecule has 2 aromatic heterocycles. The molecule has 0 unspecified atom stereocenters. The molecule has 0 aliphatic rings. The van der Waals surface area contributed by atoms with Crippen LogP contribution in [0.25, 0.3) is 16.6 Å². The van der Waals surface area contributed by atoms with Gasteiger partial charge in [-0.15, -0.1) is 0 Å². The van der Waals surface area contributed by atoms with Crippen LogP contribution in [0.4, 0.5) is 0 Å². The normalized spacial score (nSPS) is 10.8. The zero-order chi connectivity index (χ0) is 11.0. The summed E-state index contributed by atoms with van der Waals surface area (Å²) in [7, 11) is 0. The Balaban J connectivity index is 2.26. The average Bonchev–Trinajstić information content (AvgIpc) is 2.73. The standard InChI is InChI=1S/C13H9BrN2/c14-11-3-4-13-10(8-11)5-7-16(13)12-2-1-6-15-9-12/h1-9H. The van der Waals surface area contributed by atoms with Crippen LogP contribution in [0.5, 0.6) is 0 Å². The van der Waals surface area contributed by atoms with Gasteiger partial charge in [-0.3, -0.25) is 4.98 Å². The second-order valence-corrected chi connectivity index (χ2v) is 4.52. The maximum absolute atomic E-state index is 4.13. The molecule has 0 N–H and O–H groups in total. The minimum absolute atomic E-state index is 1.08.